The van der Waals surface area contributed by atoms with Gasteiger partial charge in [0.15, 0.2) is 5.69 Å². The summed E-state index contributed by atoms with van der Waals surface area (Å²) in [6, 6.07) is 8.75. The van der Waals surface area contributed by atoms with Crippen molar-refractivity contribution in [2.24, 2.45) is 0 Å². The standard InChI is InChI=1S/C22H21ClF2N2O2/c1-2-29-22(28)21-20(26-9-4-3-5-10-26)16-12-18(25)17(23)13-19(16)27(21)15-8-6-7-14(24)11-15/h6-8,11-13H,2-5,9-10H2,1H3. The van der Waals surface area contributed by atoms with Gasteiger partial charge in [-0.2, -0.15) is 0 Å². The van der Waals surface area contributed by atoms with Crippen LogP contribution in [0.5, 0.6) is 0 Å². The Labute approximate surface area is 172 Å². The van der Waals surface area contributed by atoms with Gasteiger partial charge in [0.05, 0.1) is 22.8 Å². The first kappa shape index (κ1) is 19.7. The zero-order chi connectivity index (χ0) is 20.5. The van der Waals surface area contributed by atoms with Crippen LogP contribution < -0.4 is 4.90 Å². The van der Waals surface area contributed by atoms with Gasteiger partial charge >= 0.3 is 5.97 Å². The Hall–Kier alpha value is -2.60. The Morgan fingerprint density at radius 1 is 1.14 bits per heavy atom. The van der Waals surface area contributed by atoms with E-state index in [1.807, 2.05) is 0 Å². The molecule has 4 rings (SSSR count). The molecule has 1 aliphatic rings. The summed E-state index contributed by atoms with van der Waals surface area (Å²) in [6.07, 6.45) is 3.06. The van der Waals surface area contributed by atoms with Gasteiger partial charge in [-0.1, -0.05) is 17.7 Å². The monoisotopic (exact) mass is 418 g/mol. The molecule has 0 radical (unpaired) electrons. The predicted molar refractivity (Wildman–Crippen MR) is 110 cm³/mol. The van der Waals surface area contributed by atoms with Crippen LogP contribution in [-0.2, 0) is 4.74 Å². The number of hydrogen-bond donors (Lipinski definition) is 0. The highest BCUT2D eigenvalue weighted by Gasteiger charge is 2.30. The second-order valence-corrected chi connectivity index (χ2v) is 7.47. The second-order valence-electron chi connectivity index (χ2n) is 7.06. The van der Waals surface area contributed by atoms with E-state index in [2.05, 4.69) is 4.90 Å². The van der Waals surface area contributed by atoms with Gasteiger partial charge in [-0.15, -0.1) is 0 Å². The van der Waals surface area contributed by atoms with Crippen molar-refractivity contribution >= 4 is 34.2 Å². The number of benzene rings is 2. The SMILES string of the molecule is CCOC(=O)c1c(N2CCCCC2)c2cc(F)c(Cl)cc2n1-c1cccc(F)c1. The maximum atomic E-state index is 14.4. The summed E-state index contributed by atoms with van der Waals surface area (Å²) in [5, 5.41) is 0.495. The number of rotatable bonds is 4. The molecule has 29 heavy (non-hydrogen) atoms. The van der Waals surface area contributed by atoms with Crippen molar-refractivity contribution < 1.29 is 18.3 Å². The van der Waals surface area contributed by atoms with Crippen LogP contribution in [0.3, 0.4) is 0 Å². The molecule has 1 fully saturated rings. The minimum absolute atomic E-state index is 0.0618. The zero-order valence-corrected chi connectivity index (χ0v) is 16.8. The van der Waals surface area contributed by atoms with E-state index in [4.69, 9.17) is 16.3 Å². The number of esters is 1. The molecule has 0 atom stereocenters. The van der Waals surface area contributed by atoms with Gasteiger partial charge < -0.3 is 14.2 Å². The molecule has 7 heteroatoms. The molecular weight excluding hydrogens is 398 g/mol. The first-order chi connectivity index (χ1) is 14.0. The third-order valence-corrected chi connectivity index (χ3v) is 5.48. The first-order valence-corrected chi connectivity index (χ1v) is 10.1. The minimum Gasteiger partial charge on any atom is -0.461 e. The quantitative estimate of drug-likeness (QED) is 0.507. The van der Waals surface area contributed by atoms with Crippen molar-refractivity contribution in [3.05, 3.63) is 58.7 Å². The Morgan fingerprint density at radius 2 is 1.90 bits per heavy atom. The normalized spacial score (nSPS) is 14.4. The molecule has 2 aromatic carbocycles. The van der Waals surface area contributed by atoms with E-state index < -0.39 is 17.6 Å². The van der Waals surface area contributed by atoms with Crippen LogP contribution in [-0.4, -0.2) is 30.2 Å². The number of fused-ring (bicyclic) bond motifs is 1. The molecule has 0 amide bonds. The topological polar surface area (TPSA) is 34.5 Å². The lowest BCUT2D eigenvalue weighted by molar-refractivity contribution is 0.0518. The lowest BCUT2D eigenvalue weighted by atomic mass is 10.1. The van der Waals surface area contributed by atoms with E-state index in [9.17, 15) is 13.6 Å². The van der Waals surface area contributed by atoms with E-state index in [1.165, 1.54) is 24.3 Å². The molecular formula is C22H21ClF2N2O2. The van der Waals surface area contributed by atoms with E-state index >= 15 is 0 Å². The minimum atomic E-state index is -0.566. The Balaban J connectivity index is 2.09. The fraction of sp³-hybridized carbons (Fsp3) is 0.318. The molecule has 1 saturated heterocycles. The third kappa shape index (κ3) is 3.57. The first-order valence-electron chi connectivity index (χ1n) is 9.72. The second kappa shape index (κ2) is 8.03. The maximum Gasteiger partial charge on any atom is 0.357 e. The van der Waals surface area contributed by atoms with E-state index in [0.717, 1.165) is 32.4 Å². The summed E-state index contributed by atoms with van der Waals surface area (Å²) in [4.78, 5) is 15.1. The van der Waals surface area contributed by atoms with Crippen LogP contribution in [0.25, 0.3) is 16.6 Å². The van der Waals surface area contributed by atoms with Crippen LogP contribution in [0.1, 0.15) is 36.7 Å². The Kier molecular flexibility index (Phi) is 5.46. The van der Waals surface area contributed by atoms with Crippen molar-refractivity contribution in [1.82, 2.24) is 4.57 Å². The van der Waals surface area contributed by atoms with Gasteiger partial charge in [0, 0.05) is 24.2 Å². The summed E-state index contributed by atoms with van der Waals surface area (Å²) in [7, 11) is 0. The van der Waals surface area contributed by atoms with Crippen molar-refractivity contribution in [3.63, 3.8) is 0 Å². The average molecular weight is 419 g/mol. The number of anilines is 1. The third-order valence-electron chi connectivity index (χ3n) is 5.19. The van der Waals surface area contributed by atoms with Crippen molar-refractivity contribution in [3.8, 4) is 5.69 Å². The highest BCUT2D eigenvalue weighted by atomic mass is 35.5. The van der Waals surface area contributed by atoms with E-state index in [-0.39, 0.29) is 17.3 Å². The van der Waals surface area contributed by atoms with Gasteiger partial charge in [-0.3, -0.25) is 0 Å². The summed E-state index contributed by atoms with van der Waals surface area (Å²) >= 11 is 6.07. The number of carbonyl (C=O) groups excluding carboxylic acids is 1. The highest BCUT2D eigenvalue weighted by Crippen LogP contribution is 2.40. The van der Waals surface area contributed by atoms with Crippen molar-refractivity contribution in [1.29, 1.82) is 0 Å². The fourth-order valence-electron chi connectivity index (χ4n) is 3.97. The fourth-order valence-corrected chi connectivity index (χ4v) is 4.13. The number of piperidine rings is 1. The maximum absolute atomic E-state index is 14.4. The number of carbonyl (C=O) groups is 1. The van der Waals surface area contributed by atoms with Gasteiger partial charge in [0.2, 0.25) is 0 Å². The summed E-state index contributed by atoms with van der Waals surface area (Å²) in [5.41, 5.74) is 1.85. The van der Waals surface area contributed by atoms with Gasteiger partial charge in [0.25, 0.3) is 0 Å². The van der Waals surface area contributed by atoms with Gasteiger partial charge in [0.1, 0.15) is 11.6 Å². The molecule has 0 N–H and O–H groups in total. The smallest absolute Gasteiger partial charge is 0.357 e. The van der Waals surface area contributed by atoms with Crippen molar-refractivity contribution in [2.45, 2.75) is 26.2 Å². The summed E-state index contributed by atoms with van der Waals surface area (Å²) in [6.45, 7) is 3.42. The van der Waals surface area contributed by atoms with Crippen molar-refractivity contribution in [2.75, 3.05) is 24.6 Å². The molecule has 0 bridgehead atoms. The predicted octanol–water partition coefficient (Wildman–Crippen LogP) is 5.73. The summed E-state index contributed by atoms with van der Waals surface area (Å²) in [5.74, 6) is -1.54. The molecule has 0 aliphatic carbocycles. The molecule has 152 valence electrons. The molecule has 1 aromatic heterocycles. The number of ether oxygens (including phenoxy) is 1. The van der Waals surface area contributed by atoms with Crippen LogP contribution in [0, 0.1) is 11.6 Å². The molecule has 4 nitrogen and oxygen atoms in total. The van der Waals surface area contributed by atoms with Gasteiger partial charge in [-0.25, -0.2) is 13.6 Å². The molecule has 0 spiro atoms. The molecule has 2 heterocycles. The number of nitrogens with zero attached hydrogens (tertiary/aromatic N) is 2. The number of halogens is 3. The number of hydrogen-bond acceptors (Lipinski definition) is 3. The molecule has 3 aromatic rings. The number of aromatic nitrogens is 1. The largest absolute Gasteiger partial charge is 0.461 e. The zero-order valence-electron chi connectivity index (χ0n) is 16.1. The van der Waals surface area contributed by atoms with Crippen LogP contribution in [0.15, 0.2) is 36.4 Å². The lowest BCUT2D eigenvalue weighted by Crippen LogP contribution is -2.31. The Bertz CT molecular complexity index is 1070. The summed E-state index contributed by atoms with van der Waals surface area (Å²) < 4.78 is 35.4. The van der Waals surface area contributed by atoms with E-state index in [1.54, 1.807) is 23.6 Å². The molecule has 0 saturated carbocycles. The molecule has 0 unspecified atom stereocenters. The Morgan fingerprint density at radius 3 is 2.59 bits per heavy atom. The average Bonchev–Trinajstić information content (AvgIpc) is 3.03. The van der Waals surface area contributed by atoms with Crippen LogP contribution in [0.4, 0.5) is 14.5 Å². The lowest BCUT2D eigenvalue weighted by Gasteiger charge is -2.29. The van der Waals surface area contributed by atoms with Gasteiger partial charge in [-0.05, 0) is 56.5 Å². The molecule has 1 aliphatic heterocycles. The van der Waals surface area contributed by atoms with Crippen LogP contribution >= 0.6 is 11.6 Å². The van der Waals surface area contributed by atoms with Crippen LogP contribution in [0.2, 0.25) is 5.02 Å². The highest BCUT2D eigenvalue weighted by molar-refractivity contribution is 6.31. The van der Waals surface area contributed by atoms with E-state index in [0.29, 0.717) is 22.3 Å².